The molecule has 27 heavy (non-hydrogen) atoms. The Labute approximate surface area is 166 Å². The summed E-state index contributed by atoms with van der Waals surface area (Å²) in [5, 5.41) is 3.85. The van der Waals surface area contributed by atoms with E-state index < -0.39 is 0 Å². The molecule has 144 valence electrons. The van der Waals surface area contributed by atoms with Crippen LogP contribution >= 0.6 is 11.3 Å². The van der Waals surface area contributed by atoms with E-state index in [9.17, 15) is 0 Å². The lowest BCUT2D eigenvalue weighted by atomic mass is 10.0. The molecule has 2 unspecified atom stereocenters. The Morgan fingerprint density at radius 3 is 2.70 bits per heavy atom. The van der Waals surface area contributed by atoms with E-state index >= 15 is 0 Å². The van der Waals surface area contributed by atoms with Crippen molar-refractivity contribution in [3.05, 3.63) is 57.3 Å². The first-order chi connectivity index (χ1) is 13.3. The van der Waals surface area contributed by atoms with Crippen LogP contribution in [0.3, 0.4) is 0 Å². The monoisotopic (exact) mass is 382 g/mol. The van der Waals surface area contributed by atoms with Crippen LogP contribution < -0.4 is 16.2 Å². The van der Waals surface area contributed by atoms with Crippen molar-refractivity contribution in [2.45, 2.75) is 56.8 Å². The summed E-state index contributed by atoms with van der Waals surface area (Å²) in [6.45, 7) is 4.54. The standard InChI is InChI=1S/C22H30N4S/c1-2-5-17-13-19(12-16(17)4-1)26-11-3-6-18(15-26)23-14-20-7-8-22(27-20)21-9-10-24-25-21/h1-2,4-5,7-8,18-19,21,23-25H,3,6,9-15H2. The van der Waals surface area contributed by atoms with Crippen LogP contribution in [0.25, 0.3) is 0 Å². The van der Waals surface area contributed by atoms with Gasteiger partial charge in [0.2, 0.25) is 0 Å². The van der Waals surface area contributed by atoms with E-state index in [2.05, 4.69) is 57.5 Å². The van der Waals surface area contributed by atoms with Gasteiger partial charge in [0.1, 0.15) is 0 Å². The Balaban J connectivity index is 1.14. The van der Waals surface area contributed by atoms with E-state index in [0.29, 0.717) is 18.1 Å². The molecule has 0 bridgehead atoms. The first kappa shape index (κ1) is 17.8. The van der Waals surface area contributed by atoms with Crippen LogP contribution in [-0.4, -0.2) is 36.6 Å². The number of piperidine rings is 1. The molecule has 0 amide bonds. The van der Waals surface area contributed by atoms with Gasteiger partial charge in [0.25, 0.3) is 0 Å². The van der Waals surface area contributed by atoms with Crippen molar-refractivity contribution in [2.75, 3.05) is 19.6 Å². The van der Waals surface area contributed by atoms with Crippen LogP contribution in [0.1, 0.15) is 46.2 Å². The lowest BCUT2D eigenvalue weighted by Gasteiger charge is -2.37. The third-order valence-corrected chi connectivity index (χ3v) is 7.62. The molecule has 5 rings (SSSR count). The minimum Gasteiger partial charge on any atom is -0.308 e. The van der Waals surface area contributed by atoms with Gasteiger partial charge in [0, 0.05) is 41.5 Å². The summed E-state index contributed by atoms with van der Waals surface area (Å²) >= 11 is 1.96. The Morgan fingerprint density at radius 1 is 1.07 bits per heavy atom. The van der Waals surface area contributed by atoms with Crippen molar-refractivity contribution >= 4 is 11.3 Å². The van der Waals surface area contributed by atoms with Crippen molar-refractivity contribution in [1.82, 2.24) is 21.1 Å². The highest BCUT2D eigenvalue weighted by Crippen LogP contribution is 2.29. The quantitative estimate of drug-likeness (QED) is 0.743. The molecule has 3 heterocycles. The number of fused-ring (bicyclic) bond motifs is 1. The molecule has 3 aliphatic rings. The number of hydrogen-bond donors (Lipinski definition) is 3. The van der Waals surface area contributed by atoms with Gasteiger partial charge in [-0.05, 0) is 61.9 Å². The first-order valence-electron chi connectivity index (χ1n) is 10.5. The molecule has 2 fully saturated rings. The van der Waals surface area contributed by atoms with Crippen molar-refractivity contribution in [3.8, 4) is 0 Å². The summed E-state index contributed by atoms with van der Waals surface area (Å²) in [6.07, 6.45) is 6.29. The zero-order valence-corrected chi connectivity index (χ0v) is 16.7. The largest absolute Gasteiger partial charge is 0.308 e. The van der Waals surface area contributed by atoms with Gasteiger partial charge in [-0.15, -0.1) is 11.3 Å². The number of hydrazine groups is 1. The number of likely N-dealkylation sites (tertiary alicyclic amines) is 1. The third-order valence-electron chi connectivity index (χ3n) is 6.42. The molecule has 2 atom stereocenters. The molecule has 1 aromatic carbocycles. The molecule has 0 saturated carbocycles. The number of nitrogens with one attached hydrogen (secondary N) is 3. The molecule has 2 aliphatic heterocycles. The Kier molecular flexibility index (Phi) is 5.29. The van der Waals surface area contributed by atoms with E-state index in [1.165, 1.54) is 54.9 Å². The SMILES string of the molecule is c1ccc2c(c1)CC(N1CCCC(NCc3ccc(C4CCNN4)s3)C1)C2. The lowest BCUT2D eigenvalue weighted by molar-refractivity contribution is 0.140. The molecule has 2 aromatic rings. The van der Waals surface area contributed by atoms with Crippen molar-refractivity contribution in [2.24, 2.45) is 0 Å². The molecule has 2 saturated heterocycles. The molecule has 3 N–H and O–H groups in total. The van der Waals surface area contributed by atoms with Crippen LogP contribution in [-0.2, 0) is 19.4 Å². The number of benzene rings is 1. The van der Waals surface area contributed by atoms with Gasteiger partial charge >= 0.3 is 0 Å². The number of rotatable bonds is 5. The Morgan fingerprint density at radius 2 is 1.93 bits per heavy atom. The zero-order valence-electron chi connectivity index (χ0n) is 15.9. The highest BCUT2D eigenvalue weighted by Gasteiger charge is 2.30. The minimum absolute atomic E-state index is 0.498. The van der Waals surface area contributed by atoms with E-state index in [-0.39, 0.29) is 0 Å². The second kappa shape index (κ2) is 8.02. The molecule has 1 aromatic heterocycles. The van der Waals surface area contributed by atoms with Crippen LogP contribution in [0, 0.1) is 0 Å². The molecule has 0 radical (unpaired) electrons. The summed E-state index contributed by atoms with van der Waals surface area (Å²) in [5.41, 5.74) is 9.74. The second-order valence-electron chi connectivity index (χ2n) is 8.26. The van der Waals surface area contributed by atoms with Gasteiger partial charge < -0.3 is 5.32 Å². The van der Waals surface area contributed by atoms with Crippen molar-refractivity contribution < 1.29 is 0 Å². The number of thiophene rings is 1. The summed E-state index contributed by atoms with van der Waals surface area (Å²) in [7, 11) is 0. The normalized spacial score (nSPS) is 26.5. The fourth-order valence-electron chi connectivity index (χ4n) is 4.92. The van der Waals surface area contributed by atoms with Crippen LogP contribution in [0.4, 0.5) is 0 Å². The van der Waals surface area contributed by atoms with Gasteiger partial charge in [0.15, 0.2) is 0 Å². The fourth-order valence-corrected chi connectivity index (χ4v) is 5.97. The molecular formula is C22H30N4S. The van der Waals surface area contributed by atoms with Crippen LogP contribution in [0.2, 0.25) is 0 Å². The van der Waals surface area contributed by atoms with Gasteiger partial charge in [-0.3, -0.25) is 10.3 Å². The maximum atomic E-state index is 3.85. The number of hydrogen-bond acceptors (Lipinski definition) is 5. The van der Waals surface area contributed by atoms with E-state index in [4.69, 9.17) is 0 Å². The first-order valence-corrected chi connectivity index (χ1v) is 11.3. The molecule has 1 aliphatic carbocycles. The van der Waals surface area contributed by atoms with E-state index in [0.717, 1.165) is 13.1 Å². The molecule has 0 spiro atoms. The average molecular weight is 383 g/mol. The third kappa shape index (κ3) is 3.98. The van der Waals surface area contributed by atoms with E-state index in [1.807, 2.05) is 11.3 Å². The summed E-state index contributed by atoms with van der Waals surface area (Å²) in [5.74, 6) is 0. The highest BCUT2D eigenvalue weighted by atomic mass is 32.1. The summed E-state index contributed by atoms with van der Waals surface area (Å²) < 4.78 is 0. The van der Waals surface area contributed by atoms with Crippen molar-refractivity contribution in [3.63, 3.8) is 0 Å². The van der Waals surface area contributed by atoms with Gasteiger partial charge in [0.05, 0.1) is 6.04 Å². The van der Waals surface area contributed by atoms with Gasteiger partial charge in [-0.25, -0.2) is 5.43 Å². The fraction of sp³-hybridized carbons (Fsp3) is 0.545. The Hall–Kier alpha value is -1.24. The lowest BCUT2D eigenvalue weighted by Crippen LogP contribution is -2.49. The summed E-state index contributed by atoms with van der Waals surface area (Å²) in [4.78, 5) is 5.67. The van der Waals surface area contributed by atoms with Gasteiger partial charge in [-0.2, -0.15) is 0 Å². The van der Waals surface area contributed by atoms with Crippen LogP contribution in [0.15, 0.2) is 36.4 Å². The molecular weight excluding hydrogens is 352 g/mol. The summed E-state index contributed by atoms with van der Waals surface area (Å²) in [6, 6.07) is 15.5. The second-order valence-corrected chi connectivity index (χ2v) is 9.46. The predicted molar refractivity (Wildman–Crippen MR) is 112 cm³/mol. The predicted octanol–water partition coefficient (Wildman–Crippen LogP) is 3.01. The van der Waals surface area contributed by atoms with Crippen molar-refractivity contribution in [1.29, 1.82) is 0 Å². The maximum Gasteiger partial charge on any atom is 0.0568 e. The van der Waals surface area contributed by atoms with Gasteiger partial charge in [-0.1, -0.05) is 24.3 Å². The highest BCUT2D eigenvalue weighted by molar-refractivity contribution is 7.12. The van der Waals surface area contributed by atoms with E-state index in [1.54, 1.807) is 11.1 Å². The molecule has 5 heteroatoms. The topological polar surface area (TPSA) is 39.3 Å². The zero-order chi connectivity index (χ0) is 18.1. The Bertz CT molecular complexity index is 742. The smallest absolute Gasteiger partial charge is 0.0568 e. The number of nitrogens with zero attached hydrogens (tertiary/aromatic N) is 1. The molecule has 4 nitrogen and oxygen atoms in total. The maximum absolute atomic E-state index is 3.85. The minimum atomic E-state index is 0.498. The average Bonchev–Trinajstić information content (AvgIpc) is 3.46. The van der Waals surface area contributed by atoms with Crippen LogP contribution in [0.5, 0.6) is 0 Å².